The van der Waals surface area contributed by atoms with Crippen molar-refractivity contribution in [3.05, 3.63) is 0 Å². The van der Waals surface area contributed by atoms with Crippen molar-refractivity contribution in [1.29, 1.82) is 0 Å². The predicted molar refractivity (Wildman–Crippen MR) is 49.0 cm³/mol. The molecule has 0 heterocycles. The normalized spacial score (nSPS) is 10.0. The molecule has 0 fully saturated rings. The van der Waals surface area contributed by atoms with Gasteiger partial charge in [-0.25, -0.2) is 0 Å². The SMILES string of the molecule is O=C(O)CN(CC(O)O)[S-](=O)=O.[CH2]=[Al]. The summed E-state index contributed by atoms with van der Waals surface area (Å²) in [5.74, 6) is -1.36. The Morgan fingerprint density at radius 2 is 1.86 bits per heavy atom. The summed E-state index contributed by atoms with van der Waals surface area (Å²) in [6, 6.07) is 0. The van der Waals surface area contributed by atoms with Gasteiger partial charge in [0.25, 0.3) is 0 Å². The van der Waals surface area contributed by atoms with Crippen LogP contribution in [0.2, 0.25) is 0 Å². The summed E-state index contributed by atoms with van der Waals surface area (Å²) in [5.41, 5.74) is 0. The maximum absolute atomic E-state index is 10.2. The zero-order valence-electron chi connectivity index (χ0n) is 7.20. The van der Waals surface area contributed by atoms with E-state index in [0.29, 0.717) is 4.31 Å². The van der Waals surface area contributed by atoms with E-state index in [1.165, 1.54) is 0 Å². The molecular formula is C5H10AlNO6S-. The number of carboxylic acids is 1. The zero-order chi connectivity index (χ0) is 11.7. The molecule has 14 heavy (non-hydrogen) atoms. The van der Waals surface area contributed by atoms with E-state index in [1.807, 2.05) is 0 Å². The fourth-order valence-corrected chi connectivity index (χ4v) is 0.982. The Morgan fingerprint density at radius 3 is 2.07 bits per heavy atom. The molecule has 0 bridgehead atoms. The van der Waals surface area contributed by atoms with Crippen molar-refractivity contribution < 1.29 is 28.5 Å². The van der Waals surface area contributed by atoms with Crippen LogP contribution in [0, 0.1) is 0 Å². The quantitative estimate of drug-likeness (QED) is 0.277. The molecule has 81 valence electrons. The minimum atomic E-state index is -2.76. The fraction of sp³-hybridized carbons (Fsp3) is 0.600. The second-order valence-corrected chi connectivity index (χ2v) is 2.86. The average molecular weight is 239 g/mol. The monoisotopic (exact) mass is 239 g/mol. The van der Waals surface area contributed by atoms with Crippen molar-refractivity contribution in [1.82, 2.24) is 4.31 Å². The van der Waals surface area contributed by atoms with Gasteiger partial charge in [0.2, 0.25) is 0 Å². The van der Waals surface area contributed by atoms with Crippen molar-refractivity contribution >= 4 is 38.1 Å². The summed E-state index contributed by atoms with van der Waals surface area (Å²) in [6.45, 7) is -1.43. The third-order valence-corrected chi connectivity index (χ3v) is 1.59. The van der Waals surface area contributed by atoms with Crippen molar-refractivity contribution in [3.63, 3.8) is 0 Å². The first kappa shape index (κ1) is 16.1. The number of rotatable bonds is 5. The summed E-state index contributed by atoms with van der Waals surface area (Å²) in [4.78, 5) is 10.0. The predicted octanol–water partition coefficient (Wildman–Crippen LogP) is -2.51. The molecule has 0 aliphatic rings. The van der Waals surface area contributed by atoms with Crippen LogP contribution in [0.1, 0.15) is 0 Å². The van der Waals surface area contributed by atoms with Gasteiger partial charge in [-0.1, -0.05) is 0 Å². The van der Waals surface area contributed by atoms with Crippen molar-refractivity contribution in [2.24, 2.45) is 0 Å². The van der Waals surface area contributed by atoms with Gasteiger partial charge in [-0.05, 0) is 10.9 Å². The van der Waals surface area contributed by atoms with Crippen LogP contribution in [0.5, 0.6) is 0 Å². The summed E-state index contributed by atoms with van der Waals surface area (Å²) < 4.78 is 20.8. The number of carbonyl (C=O) groups is 1. The first-order valence-electron chi connectivity index (χ1n) is 3.26. The first-order chi connectivity index (χ1) is 6.43. The fourth-order valence-electron chi connectivity index (χ4n) is 0.511. The Morgan fingerprint density at radius 1 is 1.43 bits per heavy atom. The molecule has 0 aromatic carbocycles. The molecule has 0 atom stereocenters. The second kappa shape index (κ2) is 9.26. The Hall–Kier alpha value is -0.298. The molecular weight excluding hydrogens is 229 g/mol. The molecule has 0 rings (SSSR count). The van der Waals surface area contributed by atoms with E-state index in [9.17, 15) is 13.2 Å². The molecule has 0 aromatic rings. The summed E-state index contributed by atoms with van der Waals surface area (Å²) in [6.07, 6.45) is -1.87. The molecule has 0 unspecified atom stereocenters. The molecule has 0 saturated heterocycles. The van der Waals surface area contributed by atoms with Crippen LogP contribution >= 0.6 is 0 Å². The van der Waals surface area contributed by atoms with Crippen LogP contribution in [-0.4, -0.2) is 66.2 Å². The first-order valence-corrected chi connectivity index (χ1v) is 5.11. The Balaban J connectivity index is 0. The summed E-state index contributed by atoms with van der Waals surface area (Å²) in [7, 11) is -2.76. The van der Waals surface area contributed by atoms with E-state index in [0.717, 1.165) is 0 Å². The average Bonchev–Trinajstić information content (AvgIpc) is 2.05. The molecule has 0 spiro atoms. The van der Waals surface area contributed by atoms with Gasteiger partial charge in [0, 0.05) is 6.54 Å². The van der Waals surface area contributed by atoms with E-state index in [4.69, 9.17) is 15.3 Å². The van der Waals surface area contributed by atoms with Crippen LogP contribution in [0.3, 0.4) is 0 Å². The molecule has 0 saturated carbocycles. The number of aliphatic hydroxyl groups excluding tert-OH is 1. The molecule has 0 aliphatic heterocycles. The van der Waals surface area contributed by atoms with Crippen LogP contribution in [0.25, 0.3) is 0 Å². The third kappa shape index (κ3) is 9.79. The molecule has 9 heteroatoms. The van der Waals surface area contributed by atoms with Gasteiger partial charge >= 0.3 is 27.2 Å². The number of aliphatic hydroxyl groups is 2. The summed E-state index contributed by atoms with van der Waals surface area (Å²) >= 11 is 2.17. The van der Waals surface area contributed by atoms with Crippen molar-refractivity contribution in [2.75, 3.05) is 13.1 Å². The van der Waals surface area contributed by atoms with E-state index in [-0.39, 0.29) is 0 Å². The van der Waals surface area contributed by atoms with Gasteiger partial charge in [0.05, 0.1) is 6.54 Å². The van der Waals surface area contributed by atoms with E-state index in [1.54, 1.807) is 0 Å². The van der Waals surface area contributed by atoms with Gasteiger partial charge in [-0.3, -0.25) is 4.79 Å². The molecule has 3 N–H and O–H groups in total. The number of hydrogen-bond acceptors (Lipinski definition) is 6. The number of hydrogen-bond donors (Lipinski definition) is 3. The molecule has 0 amide bonds. The van der Waals surface area contributed by atoms with E-state index < -0.39 is 36.2 Å². The Labute approximate surface area is 90.6 Å². The van der Waals surface area contributed by atoms with Crippen LogP contribution < -0.4 is 0 Å². The molecule has 7 nitrogen and oxygen atoms in total. The van der Waals surface area contributed by atoms with Gasteiger partial charge in [-0.2, -0.15) is 0 Å². The van der Waals surface area contributed by atoms with Gasteiger partial charge < -0.3 is 28.0 Å². The van der Waals surface area contributed by atoms with Crippen LogP contribution in [-0.2, 0) is 24.1 Å². The summed E-state index contributed by atoms with van der Waals surface area (Å²) in [5, 5.41) is 28.0. The number of nitrogens with zero attached hydrogens (tertiary/aromatic N) is 1. The minimum absolute atomic E-state index is 0.382. The number of aliphatic carboxylic acids is 1. The molecule has 1 radical (unpaired) electrons. The van der Waals surface area contributed by atoms with Crippen LogP contribution in [0.15, 0.2) is 0 Å². The standard InChI is InChI=1S/C4H8NO6S.CH2.Al/c6-3(7)1-5(12(10)11)2-4(8)9;;/h3,6-7H,1-2H2,(H,8,9);1H2;/q-1;;. The van der Waals surface area contributed by atoms with Gasteiger partial charge in [-0.15, -0.1) is 0 Å². The Kier molecular flexibility index (Phi) is 10.7. The second-order valence-electron chi connectivity index (χ2n) is 1.91. The maximum atomic E-state index is 10.2. The third-order valence-electron chi connectivity index (χ3n) is 0.889. The zero-order valence-corrected chi connectivity index (χ0v) is 9.17. The van der Waals surface area contributed by atoms with E-state index >= 15 is 0 Å². The van der Waals surface area contributed by atoms with Crippen molar-refractivity contribution in [2.45, 2.75) is 6.29 Å². The topological polar surface area (TPSA) is 115 Å². The van der Waals surface area contributed by atoms with Gasteiger partial charge in [0.15, 0.2) is 6.29 Å². The molecule has 0 aliphatic carbocycles. The Bertz CT molecular complexity index is 234. The van der Waals surface area contributed by atoms with Gasteiger partial charge in [0.1, 0.15) is 0 Å². The van der Waals surface area contributed by atoms with E-state index in [2.05, 4.69) is 21.2 Å². The number of carboxylic acid groups (broad SMARTS) is 1. The van der Waals surface area contributed by atoms with Crippen LogP contribution in [0.4, 0.5) is 0 Å². The van der Waals surface area contributed by atoms with Crippen molar-refractivity contribution in [3.8, 4) is 0 Å². The molecule has 0 aromatic heterocycles.